The van der Waals surface area contributed by atoms with Crippen molar-refractivity contribution in [2.75, 3.05) is 26.8 Å². The summed E-state index contributed by atoms with van der Waals surface area (Å²) in [5.74, 6) is 0. The summed E-state index contributed by atoms with van der Waals surface area (Å²) in [6.07, 6.45) is 5.18. The average molecular weight is 372 g/mol. The Balaban J connectivity index is 0.00000208. The van der Waals surface area contributed by atoms with Crippen LogP contribution < -0.4 is 10.0 Å². The fraction of sp³-hybridized carbons (Fsp3) is 0.438. The van der Waals surface area contributed by atoms with Gasteiger partial charge in [-0.25, -0.2) is 13.1 Å². The van der Waals surface area contributed by atoms with E-state index in [-0.39, 0.29) is 22.8 Å². The first kappa shape index (κ1) is 19.1. The molecule has 0 aliphatic carbocycles. The van der Waals surface area contributed by atoms with Crippen molar-refractivity contribution in [1.82, 2.24) is 15.0 Å². The van der Waals surface area contributed by atoms with Gasteiger partial charge in [-0.2, -0.15) is 0 Å². The molecule has 0 radical (unpaired) electrons. The van der Waals surface area contributed by atoms with Crippen molar-refractivity contribution < 1.29 is 13.2 Å². The van der Waals surface area contributed by atoms with Crippen LogP contribution in [0.3, 0.4) is 0 Å². The highest BCUT2D eigenvalue weighted by Gasteiger charge is 2.35. The molecule has 0 amide bonds. The number of halogens is 1. The Morgan fingerprint density at radius 3 is 2.92 bits per heavy atom. The van der Waals surface area contributed by atoms with Crippen LogP contribution in [0.1, 0.15) is 12.8 Å². The van der Waals surface area contributed by atoms with E-state index >= 15 is 0 Å². The molecule has 0 saturated carbocycles. The average Bonchev–Trinajstić information content (AvgIpc) is 3.02. The van der Waals surface area contributed by atoms with Crippen molar-refractivity contribution >= 4 is 33.2 Å². The molecular weight excluding hydrogens is 350 g/mol. The molecular formula is C16H22ClN3O3S. The maximum Gasteiger partial charge on any atom is 0.241 e. The number of benzene rings is 1. The molecule has 8 heteroatoms. The third kappa shape index (κ3) is 3.87. The van der Waals surface area contributed by atoms with Gasteiger partial charge in [0.25, 0.3) is 0 Å². The normalized spacial score (nSPS) is 20.9. The largest absolute Gasteiger partial charge is 0.383 e. The second kappa shape index (κ2) is 7.76. The molecule has 2 aromatic rings. The van der Waals surface area contributed by atoms with Crippen LogP contribution >= 0.6 is 12.4 Å². The summed E-state index contributed by atoms with van der Waals surface area (Å²) in [5.41, 5.74) is -0.325. The van der Waals surface area contributed by atoms with Crippen LogP contribution in [-0.2, 0) is 14.8 Å². The summed E-state index contributed by atoms with van der Waals surface area (Å²) in [7, 11) is -1.97. The summed E-state index contributed by atoms with van der Waals surface area (Å²) in [6.45, 7) is 1.67. The standard InChI is InChI=1S/C16H21N3O3S.ClH/c1-22-12-16(7-3-8-18-16)11-19-23(20,21)15-5-2-4-13-10-17-9-6-14(13)15;/h2,4-6,9-10,18-19H,3,7-8,11-12H2,1H3;1H. The molecule has 2 heterocycles. The number of sulfonamides is 1. The van der Waals surface area contributed by atoms with Gasteiger partial charge in [-0.1, -0.05) is 12.1 Å². The van der Waals surface area contributed by atoms with Crippen molar-refractivity contribution in [1.29, 1.82) is 0 Å². The van der Waals surface area contributed by atoms with E-state index < -0.39 is 10.0 Å². The Morgan fingerprint density at radius 2 is 2.21 bits per heavy atom. The lowest BCUT2D eigenvalue weighted by atomic mass is 9.99. The van der Waals surface area contributed by atoms with Crippen LogP contribution in [0.25, 0.3) is 10.8 Å². The van der Waals surface area contributed by atoms with E-state index in [1.165, 1.54) is 0 Å². The summed E-state index contributed by atoms with van der Waals surface area (Å²) in [4.78, 5) is 4.32. The van der Waals surface area contributed by atoms with Crippen molar-refractivity contribution in [3.8, 4) is 0 Å². The fourth-order valence-electron chi connectivity index (χ4n) is 3.11. The molecule has 6 nitrogen and oxygen atoms in total. The van der Waals surface area contributed by atoms with E-state index in [2.05, 4.69) is 15.0 Å². The van der Waals surface area contributed by atoms with Crippen LogP contribution in [-0.4, -0.2) is 45.7 Å². The van der Waals surface area contributed by atoms with Crippen LogP contribution in [0.5, 0.6) is 0 Å². The van der Waals surface area contributed by atoms with Gasteiger partial charge in [0.05, 0.1) is 17.0 Å². The topological polar surface area (TPSA) is 80.3 Å². The van der Waals surface area contributed by atoms with Gasteiger partial charge in [-0.05, 0) is 31.5 Å². The molecule has 0 bridgehead atoms. The molecule has 1 aliphatic heterocycles. The maximum atomic E-state index is 12.7. The number of hydrogen-bond donors (Lipinski definition) is 2. The van der Waals surface area contributed by atoms with Crippen LogP contribution in [0.15, 0.2) is 41.6 Å². The molecule has 0 spiro atoms. The number of aromatic nitrogens is 1. The number of nitrogens with one attached hydrogen (secondary N) is 2. The predicted molar refractivity (Wildman–Crippen MR) is 96.0 cm³/mol. The quantitative estimate of drug-likeness (QED) is 0.807. The van der Waals surface area contributed by atoms with Crippen molar-refractivity contribution in [3.05, 3.63) is 36.7 Å². The van der Waals surface area contributed by atoms with Gasteiger partial charge in [0.15, 0.2) is 0 Å². The summed E-state index contributed by atoms with van der Waals surface area (Å²) < 4.78 is 33.5. The molecule has 1 fully saturated rings. The first-order valence-electron chi connectivity index (χ1n) is 7.63. The van der Waals surface area contributed by atoms with Gasteiger partial charge < -0.3 is 10.1 Å². The molecule has 2 N–H and O–H groups in total. The molecule has 1 atom stereocenters. The van der Waals surface area contributed by atoms with E-state index in [1.807, 2.05) is 6.07 Å². The van der Waals surface area contributed by atoms with Crippen molar-refractivity contribution in [2.45, 2.75) is 23.3 Å². The molecule has 24 heavy (non-hydrogen) atoms. The Bertz CT molecular complexity index is 787. The smallest absolute Gasteiger partial charge is 0.241 e. The minimum atomic E-state index is -3.60. The maximum absolute atomic E-state index is 12.7. The van der Waals surface area contributed by atoms with Crippen LogP contribution in [0.4, 0.5) is 0 Å². The van der Waals surface area contributed by atoms with Gasteiger partial charge >= 0.3 is 0 Å². The zero-order valence-electron chi connectivity index (χ0n) is 13.5. The number of nitrogens with zero attached hydrogens (tertiary/aromatic N) is 1. The number of methoxy groups -OCH3 is 1. The van der Waals surface area contributed by atoms with Gasteiger partial charge in [0.1, 0.15) is 0 Å². The van der Waals surface area contributed by atoms with Crippen LogP contribution in [0, 0.1) is 0 Å². The Labute approximate surface area is 148 Å². The summed E-state index contributed by atoms with van der Waals surface area (Å²) in [6, 6.07) is 6.93. The SMILES string of the molecule is COCC1(CNS(=O)(=O)c2cccc3cnccc23)CCCN1.Cl. The third-order valence-electron chi connectivity index (χ3n) is 4.28. The first-order chi connectivity index (χ1) is 11.1. The zero-order chi connectivity index (χ0) is 16.3. The highest BCUT2D eigenvalue weighted by Crippen LogP contribution is 2.23. The molecule has 1 aliphatic rings. The first-order valence-corrected chi connectivity index (χ1v) is 9.11. The van der Waals surface area contributed by atoms with Gasteiger partial charge in [-0.15, -0.1) is 12.4 Å². The second-order valence-electron chi connectivity index (χ2n) is 5.92. The highest BCUT2D eigenvalue weighted by atomic mass is 35.5. The number of rotatable bonds is 6. The number of hydrogen-bond acceptors (Lipinski definition) is 5. The molecule has 1 aromatic heterocycles. The van der Waals surface area contributed by atoms with E-state index in [0.717, 1.165) is 24.8 Å². The Hall–Kier alpha value is -1.25. The number of ether oxygens (including phenoxy) is 1. The monoisotopic (exact) mass is 371 g/mol. The molecule has 1 saturated heterocycles. The second-order valence-corrected chi connectivity index (χ2v) is 7.66. The van der Waals surface area contributed by atoms with Crippen molar-refractivity contribution in [2.24, 2.45) is 0 Å². The minimum absolute atomic E-state index is 0. The number of fused-ring (bicyclic) bond motifs is 1. The van der Waals surface area contributed by atoms with E-state index in [1.54, 1.807) is 37.7 Å². The predicted octanol–water partition coefficient (Wildman–Crippen LogP) is 1.70. The van der Waals surface area contributed by atoms with Crippen molar-refractivity contribution in [3.63, 3.8) is 0 Å². The lowest BCUT2D eigenvalue weighted by Crippen LogP contribution is -2.52. The van der Waals surface area contributed by atoms with E-state index in [4.69, 9.17) is 4.74 Å². The Kier molecular flexibility index (Phi) is 6.17. The minimum Gasteiger partial charge on any atom is -0.383 e. The summed E-state index contributed by atoms with van der Waals surface area (Å²) >= 11 is 0. The van der Waals surface area contributed by atoms with Gasteiger partial charge in [0.2, 0.25) is 10.0 Å². The molecule has 3 rings (SSSR count). The van der Waals surface area contributed by atoms with Gasteiger partial charge in [-0.3, -0.25) is 4.98 Å². The molecule has 1 aromatic carbocycles. The van der Waals surface area contributed by atoms with Crippen LogP contribution in [0.2, 0.25) is 0 Å². The third-order valence-corrected chi connectivity index (χ3v) is 5.74. The highest BCUT2D eigenvalue weighted by molar-refractivity contribution is 7.89. The van der Waals surface area contributed by atoms with Gasteiger partial charge in [0, 0.05) is 36.8 Å². The lowest BCUT2D eigenvalue weighted by Gasteiger charge is -2.29. The molecule has 132 valence electrons. The Morgan fingerprint density at radius 1 is 1.38 bits per heavy atom. The van der Waals surface area contributed by atoms with E-state index in [0.29, 0.717) is 18.5 Å². The number of pyridine rings is 1. The molecule has 1 unspecified atom stereocenters. The fourth-order valence-corrected chi connectivity index (χ4v) is 4.46. The van der Waals surface area contributed by atoms with E-state index in [9.17, 15) is 8.42 Å². The zero-order valence-corrected chi connectivity index (χ0v) is 15.1. The lowest BCUT2D eigenvalue weighted by molar-refractivity contribution is 0.122. The summed E-state index contributed by atoms with van der Waals surface area (Å²) in [5, 5.41) is 4.85.